The monoisotopic (exact) mass is 228 g/mol. The Balaban J connectivity index is 0. The molecule has 0 rings (SSSR count). The van der Waals surface area contributed by atoms with Crippen LogP contribution in [-0.2, 0) is 25.6 Å². The fourth-order valence-electron chi connectivity index (χ4n) is 0.230. The van der Waals surface area contributed by atoms with Crippen molar-refractivity contribution in [1.82, 2.24) is 0 Å². The first kappa shape index (κ1) is 14.1. The second-order valence-electron chi connectivity index (χ2n) is 1.58. The molecule has 0 aliphatic heterocycles. The Hall–Kier alpha value is 0.524. The van der Waals surface area contributed by atoms with Crippen LogP contribution >= 0.6 is 7.82 Å². The average molecular weight is 229 g/mol. The van der Waals surface area contributed by atoms with Gasteiger partial charge >= 0.3 is 16.5 Å². The van der Waals surface area contributed by atoms with Gasteiger partial charge in [0, 0.05) is 0 Å². The Bertz CT molecular complexity index is 134. The van der Waals surface area contributed by atoms with Gasteiger partial charge in [0.2, 0.25) is 0 Å². The maximum absolute atomic E-state index is 9.71. The molecule has 6 nitrogen and oxygen atoms in total. The van der Waals surface area contributed by atoms with E-state index in [9.17, 15) is 14.4 Å². The SMILES string of the molecule is O=P([O-])([O-])OCC(O)CO.[Ni+2]. The molecule has 1 atom stereocenters. The molecule has 0 amide bonds. The van der Waals surface area contributed by atoms with Gasteiger partial charge in [-0.2, -0.15) is 0 Å². The Morgan fingerprint density at radius 1 is 1.55 bits per heavy atom. The van der Waals surface area contributed by atoms with E-state index in [4.69, 9.17) is 10.2 Å². The van der Waals surface area contributed by atoms with Gasteiger partial charge in [0.1, 0.15) is 6.10 Å². The van der Waals surface area contributed by atoms with Crippen LogP contribution in [0, 0.1) is 0 Å². The van der Waals surface area contributed by atoms with Gasteiger partial charge in [0.25, 0.3) is 0 Å². The van der Waals surface area contributed by atoms with Gasteiger partial charge in [-0.1, -0.05) is 0 Å². The van der Waals surface area contributed by atoms with Gasteiger partial charge in [-0.05, 0) is 0 Å². The zero-order chi connectivity index (χ0) is 8.20. The third-order valence-electron chi connectivity index (χ3n) is 0.636. The van der Waals surface area contributed by atoms with E-state index in [0.29, 0.717) is 0 Å². The molecule has 0 aromatic rings. The number of phosphoric ester groups is 1. The molecule has 0 radical (unpaired) electrons. The van der Waals surface area contributed by atoms with Crippen molar-refractivity contribution in [2.75, 3.05) is 13.2 Å². The van der Waals surface area contributed by atoms with Gasteiger partial charge in [-0.25, -0.2) is 0 Å². The number of aliphatic hydroxyl groups excluding tert-OH is 2. The number of hydrogen-bond donors (Lipinski definition) is 2. The first-order chi connectivity index (χ1) is 4.45. The van der Waals surface area contributed by atoms with Crippen molar-refractivity contribution in [2.45, 2.75) is 6.10 Å². The number of aliphatic hydroxyl groups is 2. The Morgan fingerprint density at radius 2 is 2.00 bits per heavy atom. The molecule has 0 saturated heterocycles. The molecule has 8 heteroatoms. The summed E-state index contributed by atoms with van der Waals surface area (Å²) in [4.78, 5) is 19.4. The second-order valence-corrected chi connectivity index (χ2v) is 2.73. The Morgan fingerprint density at radius 3 is 2.27 bits per heavy atom. The summed E-state index contributed by atoms with van der Waals surface area (Å²) >= 11 is 0. The topological polar surface area (TPSA) is 113 Å². The van der Waals surface area contributed by atoms with Gasteiger partial charge in [0.15, 0.2) is 0 Å². The second kappa shape index (κ2) is 6.09. The molecule has 0 fully saturated rings. The molecule has 0 spiro atoms. The fraction of sp³-hybridized carbons (Fsp3) is 1.00. The van der Waals surface area contributed by atoms with E-state index >= 15 is 0 Å². The minimum atomic E-state index is -5.00. The molecular formula is C3H7NiO6P. The van der Waals surface area contributed by atoms with Gasteiger partial charge in [-0.15, -0.1) is 0 Å². The summed E-state index contributed by atoms with van der Waals surface area (Å²) in [6.45, 7) is -1.33. The molecule has 0 aromatic carbocycles. The summed E-state index contributed by atoms with van der Waals surface area (Å²) in [6, 6.07) is 0. The van der Waals surface area contributed by atoms with Crippen LogP contribution in [0.5, 0.6) is 0 Å². The molecule has 0 aliphatic carbocycles. The Labute approximate surface area is 73.4 Å². The number of phosphoric acid groups is 1. The van der Waals surface area contributed by atoms with Crippen molar-refractivity contribution in [3.05, 3.63) is 0 Å². The molecular weight excluding hydrogens is 222 g/mol. The third kappa shape index (κ3) is 10.5. The van der Waals surface area contributed by atoms with E-state index in [-0.39, 0.29) is 16.5 Å². The van der Waals surface area contributed by atoms with E-state index in [1.165, 1.54) is 0 Å². The zero-order valence-corrected chi connectivity index (χ0v) is 7.16. The maximum atomic E-state index is 9.71. The maximum Gasteiger partial charge on any atom is 2.00 e. The molecule has 0 bridgehead atoms. The molecule has 0 aromatic heterocycles. The van der Waals surface area contributed by atoms with Crippen LogP contribution in [0.2, 0.25) is 0 Å². The smallest absolute Gasteiger partial charge is 0.790 e. The van der Waals surface area contributed by atoms with Crippen LogP contribution in [-0.4, -0.2) is 29.5 Å². The summed E-state index contributed by atoms with van der Waals surface area (Å²) in [5, 5.41) is 16.6. The van der Waals surface area contributed by atoms with Crippen molar-refractivity contribution in [3.8, 4) is 0 Å². The predicted octanol–water partition coefficient (Wildman–Crippen LogP) is -2.82. The normalized spacial score (nSPS) is 13.8. The van der Waals surface area contributed by atoms with E-state index in [1.807, 2.05) is 0 Å². The summed E-state index contributed by atoms with van der Waals surface area (Å²) in [5.41, 5.74) is 0. The van der Waals surface area contributed by atoms with Crippen LogP contribution in [0.25, 0.3) is 0 Å². The van der Waals surface area contributed by atoms with Crippen molar-refractivity contribution < 1.29 is 45.6 Å². The third-order valence-corrected chi connectivity index (χ3v) is 1.10. The minimum Gasteiger partial charge on any atom is -0.790 e. The van der Waals surface area contributed by atoms with Crippen LogP contribution in [0.15, 0.2) is 0 Å². The van der Waals surface area contributed by atoms with Crippen LogP contribution in [0.3, 0.4) is 0 Å². The Kier molecular flexibility index (Phi) is 7.78. The molecule has 70 valence electrons. The largest absolute Gasteiger partial charge is 2.00 e. The first-order valence-electron chi connectivity index (χ1n) is 2.41. The molecule has 0 heterocycles. The van der Waals surface area contributed by atoms with Crippen LogP contribution in [0.1, 0.15) is 0 Å². The molecule has 1 unspecified atom stereocenters. The van der Waals surface area contributed by atoms with Crippen molar-refractivity contribution >= 4 is 7.82 Å². The van der Waals surface area contributed by atoms with Gasteiger partial charge < -0.3 is 29.1 Å². The molecule has 0 aliphatic rings. The standard InChI is InChI=1S/C3H9O6P.Ni/c4-1-3(5)2-9-10(6,7)8;/h3-5H,1-2H2,(H2,6,7,8);/q;+2/p-2. The molecule has 2 N–H and O–H groups in total. The molecule has 0 saturated carbocycles. The minimum absolute atomic E-state index is 0. The van der Waals surface area contributed by atoms with Crippen molar-refractivity contribution in [2.24, 2.45) is 0 Å². The van der Waals surface area contributed by atoms with E-state index in [2.05, 4.69) is 4.52 Å². The number of hydrogen-bond acceptors (Lipinski definition) is 6. The van der Waals surface area contributed by atoms with Gasteiger partial charge in [-0.3, -0.25) is 0 Å². The van der Waals surface area contributed by atoms with Crippen LogP contribution < -0.4 is 9.79 Å². The summed E-state index contributed by atoms with van der Waals surface area (Å²) < 4.78 is 13.3. The summed E-state index contributed by atoms with van der Waals surface area (Å²) in [7, 11) is -5.00. The van der Waals surface area contributed by atoms with Crippen LogP contribution in [0.4, 0.5) is 0 Å². The van der Waals surface area contributed by atoms with E-state index in [0.717, 1.165) is 0 Å². The van der Waals surface area contributed by atoms with E-state index < -0.39 is 27.1 Å². The van der Waals surface area contributed by atoms with Crippen molar-refractivity contribution in [3.63, 3.8) is 0 Å². The first-order valence-corrected chi connectivity index (χ1v) is 3.87. The predicted molar refractivity (Wildman–Crippen MR) is 26.7 cm³/mol. The van der Waals surface area contributed by atoms with Crippen molar-refractivity contribution in [1.29, 1.82) is 0 Å². The quantitative estimate of drug-likeness (QED) is 0.397. The zero-order valence-electron chi connectivity index (χ0n) is 5.28. The summed E-state index contributed by atoms with van der Waals surface area (Å²) in [6.07, 6.45) is -1.32. The summed E-state index contributed by atoms with van der Waals surface area (Å²) in [5.74, 6) is 0. The number of rotatable bonds is 4. The fourth-order valence-corrected chi connectivity index (χ4v) is 0.585. The average Bonchev–Trinajstić information content (AvgIpc) is 1.81. The van der Waals surface area contributed by atoms with Gasteiger partial charge in [0.05, 0.1) is 21.0 Å². The van der Waals surface area contributed by atoms with E-state index in [1.54, 1.807) is 0 Å². The molecule has 11 heavy (non-hydrogen) atoms.